The quantitative estimate of drug-likeness (QED) is 0.728. The topological polar surface area (TPSA) is 79.4 Å². The van der Waals surface area contributed by atoms with E-state index in [1.54, 1.807) is 23.7 Å². The van der Waals surface area contributed by atoms with Crippen molar-refractivity contribution in [3.05, 3.63) is 71.2 Å². The molecule has 0 radical (unpaired) electrons. The van der Waals surface area contributed by atoms with E-state index < -0.39 is 15.9 Å². The van der Waals surface area contributed by atoms with Crippen molar-refractivity contribution >= 4 is 38.1 Å². The van der Waals surface area contributed by atoms with Crippen LogP contribution in [0.1, 0.15) is 22.8 Å². The maximum Gasteiger partial charge on any atom is 0.264 e. The van der Waals surface area contributed by atoms with E-state index in [4.69, 9.17) is 0 Å². The van der Waals surface area contributed by atoms with Crippen molar-refractivity contribution in [2.24, 2.45) is 0 Å². The largest absolute Gasteiger partial charge is 0.298 e. The van der Waals surface area contributed by atoms with Crippen molar-refractivity contribution in [3.8, 4) is 0 Å². The van der Waals surface area contributed by atoms with Gasteiger partial charge in [0.05, 0.1) is 10.6 Å². The number of carbonyl (C=O) groups excluding carboxylic acids is 1. The first-order valence-electron chi connectivity index (χ1n) is 8.40. The molecular weight excluding hydrogens is 382 g/mol. The molecule has 0 saturated heterocycles. The summed E-state index contributed by atoms with van der Waals surface area (Å²) in [6.07, 6.45) is 2.26. The van der Waals surface area contributed by atoms with Gasteiger partial charge in [-0.25, -0.2) is 13.4 Å². The van der Waals surface area contributed by atoms with Crippen LogP contribution in [0.15, 0.2) is 65.0 Å². The average molecular weight is 399 g/mol. The molecule has 1 amide bonds. The van der Waals surface area contributed by atoms with Crippen LogP contribution in [-0.4, -0.2) is 25.4 Å². The minimum Gasteiger partial charge on any atom is -0.298 e. The summed E-state index contributed by atoms with van der Waals surface area (Å²) in [6.45, 7) is 1.89. The van der Waals surface area contributed by atoms with E-state index in [0.717, 1.165) is 5.56 Å². The van der Waals surface area contributed by atoms with Crippen molar-refractivity contribution in [3.63, 3.8) is 0 Å². The third-order valence-corrected chi connectivity index (χ3v) is 7.06. The van der Waals surface area contributed by atoms with Gasteiger partial charge in [0.1, 0.15) is 0 Å². The van der Waals surface area contributed by atoms with Gasteiger partial charge in [0.25, 0.3) is 15.9 Å². The highest BCUT2D eigenvalue weighted by molar-refractivity contribution is 7.92. The Labute approximate surface area is 161 Å². The Hall–Kier alpha value is -2.71. The summed E-state index contributed by atoms with van der Waals surface area (Å²) in [5.74, 6) is -0.392. The number of fused-ring (bicyclic) bond motifs is 1. The number of hydrogen-bond acceptors (Lipinski definition) is 5. The lowest BCUT2D eigenvalue weighted by atomic mass is 10.1. The summed E-state index contributed by atoms with van der Waals surface area (Å²) in [5, 5.41) is 4.89. The highest BCUT2D eigenvalue weighted by Crippen LogP contribution is 2.36. The molecule has 0 bridgehead atoms. The Morgan fingerprint density at radius 2 is 2.04 bits per heavy atom. The Kier molecular flexibility index (Phi) is 4.45. The highest BCUT2D eigenvalue weighted by Gasteiger charge is 2.36. The Morgan fingerprint density at radius 3 is 2.81 bits per heavy atom. The van der Waals surface area contributed by atoms with Crippen LogP contribution in [0, 0.1) is 0 Å². The lowest BCUT2D eigenvalue weighted by Crippen LogP contribution is -2.35. The SMILES string of the molecule is C[C@H]1Cc2ccccc2N1S(=O)(=O)c1cccc(C(=O)Nc2nccs2)c1. The molecule has 1 aromatic heterocycles. The molecule has 138 valence electrons. The van der Waals surface area contributed by atoms with E-state index in [-0.39, 0.29) is 16.5 Å². The second-order valence-corrected chi connectivity index (χ2v) is 9.01. The van der Waals surface area contributed by atoms with E-state index in [0.29, 0.717) is 17.2 Å². The molecule has 27 heavy (non-hydrogen) atoms. The highest BCUT2D eigenvalue weighted by atomic mass is 32.2. The molecule has 2 aromatic carbocycles. The van der Waals surface area contributed by atoms with Crippen molar-refractivity contribution in [2.45, 2.75) is 24.3 Å². The van der Waals surface area contributed by atoms with Crippen molar-refractivity contribution in [1.29, 1.82) is 0 Å². The second kappa shape index (κ2) is 6.79. The van der Waals surface area contributed by atoms with E-state index in [1.807, 2.05) is 31.2 Å². The fourth-order valence-corrected chi connectivity index (χ4v) is 5.53. The fraction of sp³-hybridized carbons (Fsp3) is 0.158. The number of aromatic nitrogens is 1. The number of anilines is 2. The van der Waals surface area contributed by atoms with E-state index in [2.05, 4.69) is 10.3 Å². The van der Waals surface area contributed by atoms with Crippen LogP contribution in [0.25, 0.3) is 0 Å². The van der Waals surface area contributed by atoms with Gasteiger partial charge in [-0.1, -0.05) is 24.3 Å². The zero-order valence-corrected chi connectivity index (χ0v) is 16.1. The number of nitrogens with one attached hydrogen (secondary N) is 1. The molecule has 1 N–H and O–H groups in total. The van der Waals surface area contributed by atoms with Gasteiger partial charge >= 0.3 is 0 Å². The van der Waals surface area contributed by atoms with Gasteiger partial charge in [0.15, 0.2) is 5.13 Å². The van der Waals surface area contributed by atoms with Gasteiger partial charge in [-0.3, -0.25) is 14.4 Å². The van der Waals surface area contributed by atoms with Crippen LogP contribution < -0.4 is 9.62 Å². The Morgan fingerprint density at radius 1 is 1.22 bits per heavy atom. The molecule has 1 aliphatic heterocycles. The summed E-state index contributed by atoms with van der Waals surface area (Å²) in [7, 11) is -3.78. The number of rotatable bonds is 4. The minimum absolute atomic E-state index is 0.0952. The molecule has 6 nitrogen and oxygen atoms in total. The second-order valence-electron chi connectivity index (χ2n) is 6.30. The van der Waals surface area contributed by atoms with Crippen molar-refractivity contribution < 1.29 is 13.2 Å². The van der Waals surface area contributed by atoms with Crippen molar-refractivity contribution in [1.82, 2.24) is 4.98 Å². The number of thiazole rings is 1. The fourth-order valence-electron chi connectivity index (χ4n) is 3.27. The summed E-state index contributed by atoms with van der Waals surface area (Å²) >= 11 is 1.30. The maximum atomic E-state index is 13.3. The first-order chi connectivity index (χ1) is 13.0. The van der Waals surface area contributed by atoms with Gasteiger partial charge in [-0.05, 0) is 43.2 Å². The number of amides is 1. The molecule has 0 aliphatic carbocycles. The summed E-state index contributed by atoms with van der Waals surface area (Å²) in [4.78, 5) is 16.5. The number of benzene rings is 2. The first kappa shape index (κ1) is 17.7. The molecule has 0 spiro atoms. The number of para-hydroxylation sites is 1. The molecule has 1 atom stereocenters. The smallest absolute Gasteiger partial charge is 0.264 e. The predicted molar refractivity (Wildman–Crippen MR) is 106 cm³/mol. The lowest BCUT2D eigenvalue weighted by Gasteiger charge is -2.24. The summed E-state index contributed by atoms with van der Waals surface area (Å²) in [5.41, 5.74) is 1.97. The number of nitrogens with zero attached hydrogens (tertiary/aromatic N) is 2. The van der Waals surface area contributed by atoms with Gasteiger partial charge < -0.3 is 0 Å². The number of hydrogen-bond donors (Lipinski definition) is 1. The predicted octanol–water partition coefficient (Wildman–Crippen LogP) is 3.54. The van der Waals surface area contributed by atoms with Gasteiger partial charge in [0, 0.05) is 23.2 Å². The third-order valence-electron chi connectivity index (χ3n) is 4.45. The monoisotopic (exact) mass is 399 g/mol. The van der Waals surface area contributed by atoms with E-state index in [9.17, 15) is 13.2 Å². The Balaban J connectivity index is 1.68. The molecule has 3 aromatic rings. The standard InChI is InChI=1S/C19H17N3O3S2/c1-13-11-14-5-2-3-8-17(14)22(13)27(24,25)16-7-4-6-15(12-16)18(23)21-19-20-9-10-26-19/h2-10,12-13H,11H2,1H3,(H,20,21,23)/t13-/m0/s1. The third kappa shape index (κ3) is 3.22. The molecule has 8 heteroatoms. The molecule has 2 heterocycles. The molecular formula is C19H17N3O3S2. The van der Waals surface area contributed by atoms with Crippen molar-refractivity contribution in [2.75, 3.05) is 9.62 Å². The Bertz CT molecular complexity index is 1090. The van der Waals surface area contributed by atoms with Crippen LogP contribution in [-0.2, 0) is 16.4 Å². The van der Waals surface area contributed by atoms with Gasteiger partial charge in [-0.15, -0.1) is 11.3 Å². The van der Waals surface area contributed by atoms with Crippen LogP contribution in [0.2, 0.25) is 0 Å². The first-order valence-corrected chi connectivity index (χ1v) is 10.7. The van der Waals surface area contributed by atoms with Gasteiger partial charge in [0.2, 0.25) is 0 Å². The zero-order valence-electron chi connectivity index (χ0n) is 14.5. The van der Waals surface area contributed by atoms with Crippen LogP contribution in [0.3, 0.4) is 0 Å². The average Bonchev–Trinajstić information content (AvgIpc) is 3.28. The molecule has 4 rings (SSSR count). The van der Waals surface area contributed by atoms with E-state index >= 15 is 0 Å². The zero-order chi connectivity index (χ0) is 19.0. The molecule has 1 aliphatic rings. The van der Waals surface area contributed by atoms with Crippen LogP contribution in [0.4, 0.5) is 10.8 Å². The molecule has 0 saturated carbocycles. The summed E-state index contributed by atoms with van der Waals surface area (Å²) < 4.78 is 28.0. The lowest BCUT2D eigenvalue weighted by molar-refractivity contribution is 0.102. The van der Waals surface area contributed by atoms with Crippen LogP contribution >= 0.6 is 11.3 Å². The molecule has 0 unspecified atom stereocenters. The van der Waals surface area contributed by atoms with Gasteiger partial charge in [-0.2, -0.15) is 0 Å². The number of carbonyl (C=O) groups is 1. The molecule has 0 fully saturated rings. The maximum absolute atomic E-state index is 13.3. The normalized spacial score (nSPS) is 16.2. The minimum atomic E-state index is -3.78. The van der Waals surface area contributed by atoms with E-state index in [1.165, 1.54) is 27.8 Å². The summed E-state index contributed by atoms with van der Waals surface area (Å²) in [6, 6.07) is 13.4. The number of sulfonamides is 1. The van der Waals surface area contributed by atoms with Crippen LogP contribution in [0.5, 0.6) is 0 Å².